The fraction of sp³-hybridized carbons (Fsp3) is 0.368. The lowest BCUT2D eigenvalue weighted by Gasteiger charge is -2.30. The highest BCUT2D eigenvalue weighted by Crippen LogP contribution is 2.35. The number of thiophene rings is 1. The monoisotopic (exact) mass is 377 g/mol. The number of nitrogens with zero attached hydrogens (tertiary/aromatic N) is 1. The Morgan fingerprint density at radius 2 is 2.20 bits per heavy atom. The SMILES string of the molecule is C[C@@H]1CCCN(C(=O)COC(=O)/C=C/c2sc3ccccc3c2Cl)C1. The first-order valence-corrected chi connectivity index (χ1v) is 9.53. The molecule has 1 amide bonds. The molecule has 2 heterocycles. The fourth-order valence-electron chi connectivity index (χ4n) is 2.97. The number of amides is 1. The normalized spacial score (nSPS) is 18.0. The molecule has 0 bridgehead atoms. The van der Waals surface area contributed by atoms with Gasteiger partial charge in [0.15, 0.2) is 6.61 Å². The number of esters is 1. The number of carbonyl (C=O) groups excluding carboxylic acids is 2. The second-order valence-electron chi connectivity index (χ2n) is 6.30. The average molecular weight is 378 g/mol. The van der Waals surface area contributed by atoms with Gasteiger partial charge in [-0.15, -0.1) is 11.3 Å². The van der Waals surface area contributed by atoms with Crippen molar-refractivity contribution in [3.63, 3.8) is 0 Å². The molecular weight excluding hydrogens is 358 g/mol. The summed E-state index contributed by atoms with van der Waals surface area (Å²) in [5, 5.41) is 1.60. The molecule has 4 nitrogen and oxygen atoms in total. The highest BCUT2D eigenvalue weighted by molar-refractivity contribution is 7.20. The summed E-state index contributed by atoms with van der Waals surface area (Å²) < 4.78 is 6.14. The summed E-state index contributed by atoms with van der Waals surface area (Å²) in [4.78, 5) is 26.5. The number of benzene rings is 1. The molecule has 3 rings (SSSR count). The maximum absolute atomic E-state index is 12.1. The molecule has 132 valence electrons. The van der Waals surface area contributed by atoms with E-state index >= 15 is 0 Å². The Morgan fingerprint density at radius 1 is 1.40 bits per heavy atom. The number of carbonyl (C=O) groups is 2. The molecule has 25 heavy (non-hydrogen) atoms. The van der Waals surface area contributed by atoms with Crippen LogP contribution in [0.5, 0.6) is 0 Å². The van der Waals surface area contributed by atoms with E-state index in [0.717, 1.165) is 40.9 Å². The number of halogens is 1. The van der Waals surface area contributed by atoms with Gasteiger partial charge in [0.1, 0.15) is 0 Å². The standard InChI is InChI=1S/C19H20ClNO3S/c1-13-5-4-10-21(11-13)17(22)12-24-18(23)9-8-16-19(20)14-6-2-3-7-15(14)25-16/h2-3,6-9,13H,4-5,10-12H2,1H3/b9-8+/t13-/m1/s1. The zero-order valence-corrected chi connectivity index (χ0v) is 15.6. The highest BCUT2D eigenvalue weighted by atomic mass is 35.5. The Bertz CT molecular complexity index is 814. The highest BCUT2D eigenvalue weighted by Gasteiger charge is 2.21. The minimum atomic E-state index is -0.535. The van der Waals surface area contributed by atoms with Crippen molar-refractivity contribution in [1.29, 1.82) is 0 Å². The van der Waals surface area contributed by atoms with Gasteiger partial charge in [0.05, 0.1) is 5.02 Å². The van der Waals surface area contributed by atoms with Gasteiger partial charge in [-0.1, -0.05) is 36.7 Å². The summed E-state index contributed by atoms with van der Waals surface area (Å²) in [5.74, 6) is -0.163. The number of rotatable bonds is 4. The van der Waals surface area contributed by atoms with Crippen molar-refractivity contribution in [2.45, 2.75) is 19.8 Å². The van der Waals surface area contributed by atoms with Crippen LogP contribution in [0.4, 0.5) is 0 Å². The molecular formula is C19H20ClNO3S. The molecule has 1 aliphatic heterocycles. The Labute approximate surface area is 156 Å². The first-order valence-electron chi connectivity index (χ1n) is 8.34. The van der Waals surface area contributed by atoms with Crippen molar-refractivity contribution in [3.8, 4) is 0 Å². The maximum atomic E-state index is 12.1. The maximum Gasteiger partial charge on any atom is 0.331 e. The van der Waals surface area contributed by atoms with Crippen LogP contribution < -0.4 is 0 Å². The van der Waals surface area contributed by atoms with Crippen LogP contribution in [-0.2, 0) is 14.3 Å². The summed E-state index contributed by atoms with van der Waals surface area (Å²) in [6.07, 6.45) is 5.11. The lowest BCUT2D eigenvalue weighted by atomic mass is 10.0. The van der Waals surface area contributed by atoms with Gasteiger partial charge >= 0.3 is 5.97 Å². The summed E-state index contributed by atoms with van der Waals surface area (Å²) >= 11 is 7.84. The molecule has 0 aliphatic carbocycles. The predicted molar refractivity (Wildman–Crippen MR) is 102 cm³/mol. The van der Waals surface area contributed by atoms with E-state index in [-0.39, 0.29) is 12.5 Å². The minimum Gasteiger partial charge on any atom is -0.452 e. The zero-order valence-electron chi connectivity index (χ0n) is 14.0. The van der Waals surface area contributed by atoms with Gasteiger partial charge < -0.3 is 9.64 Å². The number of hydrogen-bond donors (Lipinski definition) is 0. The summed E-state index contributed by atoms with van der Waals surface area (Å²) in [6, 6.07) is 7.81. The molecule has 0 spiro atoms. The van der Waals surface area contributed by atoms with Crippen LogP contribution in [0, 0.1) is 5.92 Å². The quantitative estimate of drug-likeness (QED) is 0.587. The van der Waals surface area contributed by atoms with Crippen LogP contribution in [0.3, 0.4) is 0 Å². The third-order valence-electron chi connectivity index (χ3n) is 4.28. The minimum absolute atomic E-state index is 0.131. The molecule has 1 aromatic carbocycles. The molecule has 6 heteroatoms. The van der Waals surface area contributed by atoms with Crippen molar-refractivity contribution in [2.75, 3.05) is 19.7 Å². The Hall–Kier alpha value is -1.85. The van der Waals surface area contributed by atoms with E-state index in [9.17, 15) is 9.59 Å². The van der Waals surface area contributed by atoms with E-state index < -0.39 is 5.97 Å². The molecule has 0 saturated carbocycles. The number of fused-ring (bicyclic) bond motifs is 1. The van der Waals surface area contributed by atoms with E-state index in [0.29, 0.717) is 10.9 Å². The van der Waals surface area contributed by atoms with E-state index in [4.69, 9.17) is 16.3 Å². The predicted octanol–water partition coefficient (Wildman–Crippen LogP) is 4.37. The molecule has 1 fully saturated rings. The lowest BCUT2D eigenvalue weighted by Crippen LogP contribution is -2.41. The Morgan fingerprint density at radius 3 is 2.96 bits per heavy atom. The Kier molecular flexibility index (Phi) is 5.76. The number of likely N-dealkylation sites (tertiary alicyclic amines) is 1. The summed E-state index contributed by atoms with van der Waals surface area (Å²) in [6.45, 7) is 3.40. The van der Waals surface area contributed by atoms with Crippen LogP contribution in [-0.4, -0.2) is 36.5 Å². The van der Waals surface area contributed by atoms with Crippen LogP contribution in [0.25, 0.3) is 16.2 Å². The molecule has 0 unspecified atom stereocenters. The van der Waals surface area contributed by atoms with E-state index in [1.54, 1.807) is 11.0 Å². The van der Waals surface area contributed by atoms with E-state index in [2.05, 4.69) is 6.92 Å². The van der Waals surface area contributed by atoms with Crippen molar-refractivity contribution in [3.05, 3.63) is 40.2 Å². The van der Waals surface area contributed by atoms with Gasteiger partial charge in [-0.3, -0.25) is 4.79 Å². The van der Waals surface area contributed by atoms with Crippen molar-refractivity contribution < 1.29 is 14.3 Å². The van der Waals surface area contributed by atoms with Crippen LogP contribution in [0.1, 0.15) is 24.6 Å². The molecule has 2 aromatic rings. The smallest absolute Gasteiger partial charge is 0.331 e. The largest absolute Gasteiger partial charge is 0.452 e. The summed E-state index contributed by atoms with van der Waals surface area (Å²) in [5.41, 5.74) is 0. The number of piperidine rings is 1. The van der Waals surface area contributed by atoms with Gasteiger partial charge in [0, 0.05) is 34.1 Å². The second-order valence-corrected chi connectivity index (χ2v) is 7.77. The van der Waals surface area contributed by atoms with Gasteiger partial charge in [-0.05, 0) is 30.9 Å². The molecule has 0 N–H and O–H groups in total. The summed E-state index contributed by atoms with van der Waals surface area (Å²) in [7, 11) is 0. The molecule has 1 atom stereocenters. The Balaban J connectivity index is 1.55. The first-order chi connectivity index (χ1) is 12.0. The molecule has 1 aromatic heterocycles. The molecule has 1 aliphatic rings. The second kappa shape index (κ2) is 8.02. The van der Waals surface area contributed by atoms with Crippen molar-refractivity contribution in [1.82, 2.24) is 4.90 Å². The van der Waals surface area contributed by atoms with Gasteiger partial charge in [-0.2, -0.15) is 0 Å². The third-order valence-corrected chi connectivity index (χ3v) is 5.93. The van der Waals surface area contributed by atoms with E-state index in [1.165, 1.54) is 17.4 Å². The molecule has 1 saturated heterocycles. The van der Waals surface area contributed by atoms with Gasteiger partial charge in [0.25, 0.3) is 5.91 Å². The number of hydrogen-bond acceptors (Lipinski definition) is 4. The van der Waals surface area contributed by atoms with Crippen LogP contribution in [0.15, 0.2) is 30.3 Å². The fourth-order valence-corrected chi connectivity index (χ4v) is 4.37. The average Bonchev–Trinajstić information content (AvgIpc) is 2.94. The van der Waals surface area contributed by atoms with Gasteiger partial charge in [0.2, 0.25) is 0 Å². The first kappa shape index (κ1) is 18.0. The van der Waals surface area contributed by atoms with E-state index in [1.807, 2.05) is 24.3 Å². The van der Waals surface area contributed by atoms with Crippen molar-refractivity contribution >= 4 is 51.0 Å². The van der Waals surface area contributed by atoms with Crippen molar-refractivity contribution in [2.24, 2.45) is 5.92 Å². The zero-order chi connectivity index (χ0) is 17.8. The van der Waals surface area contributed by atoms with Gasteiger partial charge in [-0.25, -0.2) is 4.79 Å². The third kappa shape index (κ3) is 4.41. The topological polar surface area (TPSA) is 46.6 Å². The number of ether oxygens (including phenoxy) is 1. The van der Waals surface area contributed by atoms with Crippen LogP contribution in [0.2, 0.25) is 5.02 Å². The lowest BCUT2D eigenvalue weighted by molar-refractivity contribution is -0.149. The van der Waals surface area contributed by atoms with Crippen LogP contribution >= 0.6 is 22.9 Å². The molecule has 0 radical (unpaired) electrons.